The molecular formula is C21H24FN3O2. The topological polar surface area (TPSA) is 64.8 Å². The average molecular weight is 369 g/mol. The van der Waals surface area contributed by atoms with Crippen LogP contribution in [-0.4, -0.2) is 21.1 Å². The summed E-state index contributed by atoms with van der Waals surface area (Å²) in [4.78, 5) is 28.2. The van der Waals surface area contributed by atoms with E-state index < -0.39 is 11.4 Å². The number of nitrogens with zero attached hydrogens (tertiary/aromatic N) is 3. The van der Waals surface area contributed by atoms with Crippen molar-refractivity contribution < 1.29 is 9.18 Å². The zero-order valence-electron chi connectivity index (χ0n) is 16.5. The molecule has 0 spiro atoms. The van der Waals surface area contributed by atoms with Crippen LogP contribution < -0.4 is 5.56 Å². The maximum absolute atomic E-state index is 14.7. The fraction of sp³-hybridized carbons (Fsp3) is 0.333. The molecule has 0 aliphatic rings. The fourth-order valence-corrected chi connectivity index (χ4v) is 2.69. The van der Waals surface area contributed by atoms with Gasteiger partial charge in [-0.25, -0.2) is 9.37 Å². The fourth-order valence-electron chi connectivity index (χ4n) is 2.69. The lowest BCUT2D eigenvalue weighted by atomic mass is 9.86. The maximum Gasteiger partial charge on any atom is 0.283 e. The van der Waals surface area contributed by atoms with Crippen LogP contribution in [0.15, 0.2) is 35.4 Å². The van der Waals surface area contributed by atoms with Crippen molar-refractivity contribution in [1.29, 1.82) is 0 Å². The molecule has 1 aromatic carbocycles. The highest BCUT2D eigenvalue weighted by atomic mass is 19.1. The molecule has 0 saturated carbocycles. The average Bonchev–Trinajstić information content (AvgIpc) is 2.62. The lowest BCUT2D eigenvalue weighted by molar-refractivity contribution is 0.112. The molecule has 0 atom stereocenters. The number of halogens is 1. The van der Waals surface area contributed by atoms with Gasteiger partial charge in [0.05, 0.1) is 17.1 Å². The molecule has 0 N–H and O–H groups in total. The van der Waals surface area contributed by atoms with E-state index in [0.717, 1.165) is 10.2 Å². The Morgan fingerprint density at radius 1 is 1.19 bits per heavy atom. The van der Waals surface area contributed by atoms with Gasteiger partial charge in [-0.3, -0.25) is 9.59 Å². The molecule has 5 nitrogen and oxygen atoms in total. The lowest BCUT2D eigenvalue weighted by Gasteiger charge is -2.19. The van der Waals surface area contributed by atoms with Crippen molar-refractivity contribution in [2.45, 2.75) is 47.0 Å². The molecule has 0 aliphatic carbocycles. The summed E-state index contributed by atoms with van der Waals surface area (Å²) in [6, 6.07) is 4.80. The van der Waals surface area contributed by atoms with Gasteiger partial charge in [0, 0.05) is 11.6 Å². The number of benzene rings is 1. The van der Waals surface area contributed by atoms with Gasteiger partial charge in [-0.05, 0) is 41.7 Å². The number of hydrogen-bond donors (Lipinski definition) is 0. The van der Waals surface area contributed by atoms with Crippen molar-refractivity contribution >= 4 is 17.1 Å². The number of carbonyl (C=O) groups is 1. The molecule has 3 aromatic rings. The molecular weight excluding hydrogens is 345 g/mol. The van der Waals surface area contributed by atoms with E-state index in [0.29, 0.717) is 17.2 Å². The molecule has 0 radical (unpaired) electrons. The van der Waals surface area contributed by atoms with Gasteiger partial charge in [0.15, 0.2) is 12.1 Å². The first kappa shape index (κ1) is 20.4. The Bertz CT molecular complexity index is 1050. The minimum absolute atomic E-state index is 0.0665. The van der Waals surface area contributed by atoms with Crippen LogP contribution in [0.1, 0.15) is 56.1 Å². The molecule has 0 fully saturated rings. The summed E-state index contributed by atoms with van der Waals surface area (Å²) in [7, 11) is 0. The van der Waals surface area contributed by atoms with Crippen LogP contribution >= 0.6 is 0 Å². The van der Waals surface area contributed by atoms with E-state index >= 15 is 0 Å². The molecule has 6 heteroatoms. The SMILES string of the molecule is CC.Cc1ccnc(-n2ncc3cc(C(C)(C)C)cc(F)c3c2=O)c1C=O. The standard InChI is InChI=1S/C19H18FN3O2.C2H6/c1-11-5-6-21-17(14(11)10-24)23-18(25)16-12(9-22-23)7-13(8-15(16)20)19(2,3)4;1-2/h5-10H,1-4H3;1-2H3. The molecule has 2 heterocycles. The minimum atomic E-state index is -0.642. The van der Waals surface area contributed by atoms with Gasteiger partial charge >= 0.3 is 0 Å². The van der Waals surface area contributed by atoms with Crippen molar-refractivity contribution in [2.75, 3.05) is 0 Å². The first-order valence-corrected chi connectivity index (χ1v) is 8.87. The minimum Gasteiger partial charge on any atom is -0.298 e. The van der Waals surface area contributed by atoms with E-state index in [1.807, 2.05) is 34.6 Å². The highest BCUT2D eigenvalue weighted by molar-refractivity contribution is 5.84. The van der Waals surface area contributed by atoms with Gasteiger partial charge in [0.2, 0.25) is 0 Å². The van der Waals surface area contributed by atoms with Crippen LogP contribution in [0.4, 0.5) is 4.39 Å². The summed E-state index contributed by atoms with van der Waals surface area (Å²) in [5.41, 5.74) is 0.794. The van der Waals surface area contributed by atoms with Gasteiger partial charge in [-0.15, -0.1) is 0 Å². The number of fused-ring (bicyclic) bond motifs is 1. The van der Waals surface area contributed by atoms with Crippen molar-refractivity contribution in [3.63, 3.8) is 0 Å². The summed E-state index contributed by atoms with van der Waals surface area (Å²) in [5, 5.41) is 4.46. The highest BCUT2D eigenvalue weighted by Gasteiger charge is 2.20. The number of hydrogen-bond acceptors (Lipinski definition) is 4. The predicted octanol–water partition coefficient (Wildman–Crippen LogP) is 4.36. The van der Waals surface area contributed by atoms with Gasteiger partial charge < -0.3 is 0 Å². The normalized spacial score (nSPS) is 11.1. The molecule has 0 bridgehead atoms. The van der Waals surface area contributed by atoms with Crippen molar-refractivity contribution in [3.05, 3.63) is 63.5 Å². The first-order chi connectivity index (χ1) is 12.7. The van der Waals surface area contributed by atoms with Gasteiger partial charge in [-0.2, -0.15) is 9.78 Å². The van der Waals surface area contributed by atoms with Crippen molar-refractivity contribution in [1.82, 2.24) is 14.8 Å². The second-order valence-electron chi connectivity index (χ2n) is 7.02. The Morgan fingerprint density at radius 2 is 1.85 bits per heavy atom. The van der Waals surface area contributed by atoms with Crippen molar-refractivity contribution in [2.24, 2.45) is 0 Å². The zero-order chi connectivity index (χ0) is 20.4. The maximum atomic E-state index is 14.7. The molecule has 0 saturated heterocycles. The van der Waals surface area contributed by atoms with E-state index in [1.165, 1.54) is 18.5 Å². The Labute approximate surface area is 157 Å². The number of pyridine rings is 1. The largest absolute Gasteiger partial charge is 0.298 e. The molecule has 142 valence electrons. The Hall–Kier alpha value is -2.89. The molecule has 0 unspecified atom stereocenters. The van der Waals surface area contributed by atoms with E-state index in [1.54, 1.807) is 19.1 Å². The molecule has 0 amide bonds. The van der Waals surface area contributed by atoms with Gasteiger partial charge in [0.25, 0.3) is 5.56 Å². The third-order valence-electron chi connectivity index (χ3n) is 4.21. The lowest BCUT2D eigenvalue weighted by Crippen LogP contribution is -2.24. The third kappa shape index (κ3) is 3.79. The van der Waals surface area contributed by atoms with E-state index in [4.69, 9.17) is 0 Å². The third-order valence-corrected chi connectivity index (χ3v) is 4.21. The van der Waals surface area contributed by atoms with Crippen LogP contribution in [0.2, 0.25) is 0 Å². The van der Waals surface area contributed by atoms with Crippen molar-refractivity contribution in [3.8, 4) is 5.82 Å². The number of aromatic nitrogens is 3. The van der Waals surface area contributed by atoms with E-state index in [9.17, 15) is 14.0 Å². The van der Waals surface area contributed by atoms with Gasteiger partial charge in [-0.1, -0.05) is 34.6 Å². The summed E-state index contributed by atoms with van der Waals surface area (Å²) in [6.07, 6.45) is 3.53. The van der Waals surface area contributed by atoms with E-state index in [2.05, 4.69) is 10.1 Å². The monoisotopic (exact) mass is 369 g/mol. The Morgan fingerprint density at radius 3 is 2.44 bits per heavy atom. The Balaban J connectivity index is 0.00000126. The van der Waals surface area contributed by atoms with Crippen LogP contribution in [0.3, 0.4) is 0 Å². The summed E-state index contributed by atoms with van der Waals surface area (Å²) >= 11 is 0. The van der Waals surface area contributed by atoms with Gasteiger partial charge in [0.1, 0.15) is 5.82 Å². The second-order valence-corrected chi connectivity index (χ2v) is 7.02. The number of aryl methyl sites for hydroxylation is 1. The summed E-state index contributed by atoms with van der Waals surface area (Å²) in [5.74, 6) is -0.509. The quantitative estimate of drug-likeness (QED) is 0.630. The smallest absolute Gasteiger partial charge is 0.283 e. The summed E-state index contributed by atoms with van der Waals surface area (Å²) < 4.78 is 15.6. The van der Waals surface area contributed by atoms with Crippen LogP contribution in [-0.2, 0) is 5.41 Å². The Kier molecular flexibility index (Phi) is 5.88. The number of carbonyl (C=O) groups excluding carboxylic acids is 1. The number of rotatable bonds is 2. The zero-order valence-corrected chi connectivity index (χ0v) is 16.5. The predicted molar refractivity (Wildman–Crippen MR) is 105 cm³/mol. The number of aldehydes is 1. The highest BCUT2D eigenvalue weighted by Crippen LogP contribution is 2.27. The van der Waals surface area contributed by atoms with Crippen LogP contribution in [0.5, 0.6) is 0 Å². The molecule has 2 aromatic heterocycles. The van der Waals surface area contributed by atoms with Crippen LogP contribution in [0, 0.1) is 12.7 Å². The first-order valence-electron chi connectivity index (χ1n) is 8.87. The summed E-state index contributed by atoms with van der Waals surface area (Å²) in [6.45, 7) is 11.6. The second kappa shape index (κ2) is 7.78. The molecule has 0 aliphatic heterocycles. The van der Waals surface area contributed by atoms with Crippen LogP contribution in [0.25, 0.3) is 16.6 Å². The molecule has 27 heavy (non-hydrogen) atoms. The molecule has 3 rings (SSSR count). The van der Waals surface area contributed by atoms with E-state index in [-0.39, 0.29) is 22.2 Å².